The standard InChI is InChI=1S/C6H13N.BrH.HI/c1-6-4-2-3-5-7-6;;/h6-7H,2-5H2,1H3;2*1H. The minimum absolute atomic E-state index is 0. The van der Waals surface area contributed by atoms with Crippen LogP contribution >= 0.6 is 41.0 Å². The third-order valence-corrected chi connectivity index (χ3v) is 1.56. The molecule has 1 atom stereocenters. The number of nitrogens with one attached hydrogen (secondary N) is 1. The van der Waals surface area contributed by atoms with Gasteiger partial charge in [-0.2, -0.15) is 0 Å². The molecule has 58 valence electrons. The first-order chi connectivity index (χ1) is 3.39. The Morgan fingerprint density at radius 1 is 1.33 bits per heavy atom. The van der Waals surface area contributed by atoms with E-state index in [4.69, 9.17) is 0 Å². The molecule has 0 aromatic carbocycles. The Labute approximate surface area is 84.8 Å². The second-order valence-electron chi connectivity index (χ2n) is 2.35. The molecule has 0 bridgehead atoms. The first kappa shape index (κ1) is 12.8. The van der Waals surface area contributed by atoms with Gasteiger partial charge in [-0.05, 0) is 26.3 Å². The van der Waals surface area contributed by atoms with Gasteiger partial charge in [0.1, 0.15) is 0 Å². The van der Waals surface area contributed by atoms with Gasteiger partial charge < -0.3 is 5.32 Å². The smallest absolute Gasteiger partial charge is 0.00387 e. The number of piperidine rings is 1. The molecule has 0 aliphatic carbocycles. The van der Waals surface area contributed by atoms with Crippen LogP contribution in [0.15, 0.2) is 0 Å². The highest BCUT2D eigenvalue weighted by Crippen LogP contribution is 2.04. The number of halogens is 2. The molecule has 0 radical (unpaired) electrons. The zero-order valence-electron chi connectivity index (χ0n) is 5.72. The van der Waals surface area contributed by atoms with Crippen LogP contribution in [0, 0.1) is 0 Å². The zero-order valence-corrected chi connectivity index (χ0v) is 9.77. The first-order valence-corrected chi connectivity index (χ1v) is 3.13. The summed E-state index contributed by atoms with van der Waals surface area (Å²) in [4.78, 5) is 0. The summed E-state index contributed by atoms with van der Waals surface area (Å²) in [7, 11) is 0. The van der Waals surface area contributed by atoms with E-state index in [9.17, 15) is 0 Å². The van der Waals surface area contributed by atoms with E-state index in [2.05, 4.69) is 12.2 Å². The number of rotatable bonds is 0. The van der Waals surface area contributed by atoms with Crippen molar-refractivity contribution < 1.29 is 0 Å². The van der Waals surface area contributed by atoms with Crippen LogP contribution in [0.1, 0.15) is 26.2 Å². The van der Waals surface area contributed by atoms with Gasteiger partial charge in [-0.25, -0.2) is 0 Å². The molecule has 0 amide bonds. The van der Waals surface area contributed by atoms with Gasteiger partial charge in [0.15, 0.2) is 0 Å². The number of hydrogen-bond acceptors (Lipinski definition) is 1. The maximum atomic E-state index is 3.38. The minimum atomic E-state index is 0. The van der Waals surface area contributed by atoms with Crippen LogP contribution in [0.5, 0.6) is 0 Å². The van der Waals surface area contributed by atoms with Gasteiger partial charge in [-0.3, -0.25) is 0 Å². The fraction of sp³-hybridized carbons (Fsp3) is 1.00. The van der Waals surface area contributed by atoms with E-state index in [0.29, 0.717) is 0 Å². The van der Waals surface area contributed by atoms with Crippen molar-refractivity contribution in [1.29, 1.82) is 0 Å². The van der Waals surface area contributed by atoms with Crippen molar-refractivity contribution in [3.63, 3.8) is 0 Å². The lowest BCUT2D eigenvalue weighted by Crippen LogP contribution is -2.30. The summed E-state index contributed by atoms with van der Waals surface area (Å²) >= 11 is 0. The van der Waals surface area contributed by atoms with Crippen LogP contribution in [-0.4, -0.2) is 12.6 Å². The molecule has 0 saturated carbocycles. The molecule has 0 aromatic heterocycles. The van der Waals surface area contributed by atoms with Crippen LogP contribution in [0.25, 0.3) is 0 Å². The third kappa shape index (κ3) is 5.61. The summed E-state index contributed by atoms with van der Waals surface area (Å²) in [6.45, 7) is 3.49. The second-order valence-corrected chi connectivity index (χ2v) is 2.35. The molecule has 1 unspecified atom stereocenters. The Hall–Kier alpha value is 1.17. The van der Waals surface area contributed by atoms with E-state index in [1.807, 2.05) is 0 Å². The Morgan fingerprint density at radius 3 is 2.22 bits per heavy atom. The van der Waals surface area contributed by atoms with Crippen molar-refractivity contribution in [3.8, 4) is 0 Å². The largest absolute Gasteiger partial charge is 0.314 e. The maximum absolute atomic E-state index is 3.38. The summed E-state index contributed by atoms with van der Waals surface area (Å²) in [5.74, 6) is 0. The summed E-state index contributed by atoms with van der Waals surface area (Å²) in [6.07, 6.45) is 4.18. The van der Waals surface area contributed by atoms with Crippen LogP contribution in [0.2, 0.25) is 0 Å². The van der Waals surface area contributed by atoms with Crippen molar-refractivity contribution in [3.05, 3.63) is 0 Å². The van der Waals surface area contributed by atoms with Crippen LogP contribution < -0.4 is 5.32 Å². The Kier molecular flexibility index (Phi) is 10.4. The molecule has 0 spiro atoms. The van der Waals surface area contributed by atoms with Gasteiger partial charge in [0.05, 0.1) is 0 Å². The lowest BCUT2D eigenvalue weighted by atomic mass is 10.1. The van der Waals surface area contributed by atoms with Gasteiger partial charge >= 0.3 is 0 Å². The molecule has 1 nitrogen and oxygen atoms in total. The van der Waals surface area contributed by atoms with Gasteiger partial charge in [0.25, 0.3) is 0 Å². The average molecular weight is 308 g/mol. The third-order valence-electron chi connectivity index (χ3n) is 1.56. The van der Waals surface area contributed by atoms with Crippen LogP contribution in [0.4, 0.5) is 0 Å². The lowest BCUT2D eigenvalue weighted by Gasteiger charge is -2.18. The highest BCUT2D eigenvalue weighted by Gasteiger charge is 2.04. The minimum Gasteiger partial charge on any atom is -0.314 e. The lowest BCUT2D eigenvalue weighted by molar-refractivity contribution is 0.425. The quantitative estimate of drug-likeness (QED) is 0.677. The average Bonchev–Trinajstić information content (AvgIpc) is 1.69. The van der Waals surface area contributed by atoms with E-state index >= 15 is 0 Å². The molecular weight excluding hydrogens is 293 g/mol. The monoisotopic (exact) mass is 307 g/mol. The van der Waals surface area contributed by atoms with Crippen LogP contribution in [0.3, 0.4) is 0 Å². The SMILES string of the molecule is Br.CC1CCCCN1.I. The summed E-state index contributed by atoms with van der Waals surface area (Å²) in [6, 6.07) is 0.786. The first-order valence-electron chi connectivity index (χ1n) is 3.13. The van der Waals surface area contributed by atoms with Crippen molar-refractivity contribution >= 4 is 41.0 Å². The van der Waals surface area contributed by atoms with Gasteiger partial charge in [0, 0.05) is 6.04 Å². The highest BCUT2D eigenvalue weighted by atomic mass is 127. The normalized spacial score (nSPS) is 25.7. The molecule has 1 fully saturated rings. The molecule has 1 aliphatic heterocycles. The van der Waals surface area contributed by atoms with Gasteiger partial charge in [-0.15, -0.1) is 41.0 Å². The fourth-order valence-electron chi connectivity index (χ4n) is 1.03. The van der Waals surface area contributed by atoms with Gasteiger partial charge in [0.2, 0.25) is 0 Å². The zero-order chi connectivity index (χ0) is 5.11. The fourth-order valence-corrected chi connectivity index (χ4v) is 1.03. The molecule has 1 saturated heterocycles. The molecule has 3 heteroatoms. The molecule has 1 aliphatic rings. The van der Waals surface area contributed by atoms with E-state index < -0.39 is 0 Å². The highest BCUT2D eigenvalue weighted by molar-refractivity contribution is 14.0. The molecule has 0 aromatic rings. The number of hydrogen-bond donors (Lipinski definition) is 1. The van der Waals surface area contributed by atoms with Crippen molar-refractivity contribution in [2.24, 2.45) is 0 Å². The summed E-state index contributed by atoms with van der Waals surface area (Å²) in [5.41, 5.74) is 0. The Balaban J connectivity index is 0. The summed E-state index contributed by atoms with van der Waals surface area (Å²) in [5, 5.41) is 3.38. The van der Waals surface area contributed by atoms with Crippen molar-refractivity contribution in [2.45, 2.75) is 32.2 Å². The molecule has 1 N–H and O–H groups in total. The van der Waals surface area contributed by atoms with Crippen LogP contribution in [-0.2, 0) is 0 Å². The van der Waals surface area contributed by atoms with Crippen molar-refractivity contribution in [1.82, 2.24) is 5.32 Å². The predicted octanol–water partition coefficient (Wildman–Crippen LogP) is 2.34. The maximum Gasteiger partial charge on any atom is 0.00387 e. The Bertz CT molecular complexity index is 55.0. The topological polar surface area (TPSA) is 12.0 Å². The summed E-state index contributed by atoms with van der Waals surface area (Å²) < 4.78 is 0. The molecule has 1 heterocycles. The van der Waals surface area contributed by atoms with E-state index in [1.54, 1.807) is 0 Å². The molecule has 1 rings (SSSR count). The second kappa shape index (κ2) is 7.28. The molecular formula is C6H15BrIN. The van der Waals surface area contributed by atoms with Gasteiger partial charge in [-0.1, -0.05) is 6.42 Å². The van der Waals surface area contributed by atoms with E-state index in [-0.39, 0.29) is 41.0 Å². The van der Waals surface area contributed by atoms with Crippen molar-refractivity contribution in [2.75, 3.05) is 6.54 Å². The Morgan fingerprint density at radius 2 is 2.00 bits per heavy atom. The van der Waals surface area contributed by atoms with E-state index in [1.165, 1.54) is 25.8 Å². The van der Waals surface area contributed by atoms with E-state index in [0.717, 1.165) is 6.04 Å². The predicted molar refractivity (Wildman–Crippen MR) is 57.1 cm³/mol. The molecule has 9 heavy (non-hydrogen) atoms.